The predicted octanol–water partition coefficient (Wildman–Crippen LogP) is 1.03. The lowest BCUT2D eigenvalue weighted by Gasteiger charge is -2.33. The molecule has 1 aromatic rings. The van der Waals surface area contributed by atoms with Crippen LogP contribution in [0.25, 0.3) is 0 Å². The van der Waals surface area contributed by atoms with Crippen LogP contribution in [0.5, 0.6) is 0 Å². The molecule has 1 saturated heterocycles. The van der Waals surface area contributed by atoms with Gasteiger partial charge in [-0.05, 0) is 25.7 Å². The molecule has 0 bridgehead atoms. The van der Waals surface area contributed by atoms with Crippen molar-refractivity contribution in [3.8, 4) is 0 Å². The lowest BCUT2D eigenvalue weighted by molar-refractivity contribution is -0.0691. The molecule has 0 aromatic carbocycles. The summed E-state index contributed by atoms with van der Waals surface area (Å²) in [7, 11) is 0. The van der Waals surface area contributed by atoms with Crippen LogP contribution in [0.1, 0.15) is 50.8 Å². The Morgan fingerprint density at radius 3 is 2.95 bits per heavy atom. The fraction of sp³-hybridized carbons (Fsp3) is 0.867. The van der Waals surface area contributed by atoms with Crippen molar-refractivity contribution in [3.05, 3.63) is 16.3 Å². The van der Waals surface area contributed by atoms with Crippen molar-refractivity contribution in [2.45, 2.75) is 76.3 Å². The molecule has 3 aliphatic rings. The normalized spacial score (nSPS) is 27.9. The van der Waals surface area contributed by atoms with Gasteiger partial charge in [0.2, 0.25) is 0 Å². The van der Waals surface area contributed by atoms with Crippen LogP contribution in [0.15, 0.2) is 4.79 Å². The first-order valence-electron chi connectivity index (χ1n) is 8.31. The zero-order valence-corrected chi connectivity index (χ0v) is 12.5. The van der Waals surface area contributed by atoms with E-state index in [0.717, 1.165) is 31.8 Å². The van der Waals surface area contributed by atoms with Gasteiger partial charge in [-0.15, -0.1) is 0 Å². The minimum Gasteiger partial charge on any atom is -0.370 e. The topological polar surface area (TPSA) is 61.1 Å². The standard InChI is InChI=1S/C15H24N4O2/c20-14-18-9-8-16-10-13(18)17-19(14)11-12-4-7-15(21-12)5-2-1-3-6-15/h12,16H,1-11H2. The molecule has 21 heavy (non-hydrogen) atoms. The van der Waals surface area contributed by atoms with Gasteiger partial charge in [-0.25, -0.2) is 9.48 Å². The van der Waals surface area contributed by atoms with Crippen molar-refractivity contribution in [3.63, 3.8) is 0 Å². The quantitative estimate of drug-likeness (QED) is 0.884. The Morgan fingerprint density at radius 1 is 1.29 bits per heavy atom. The van der Waals surface area contributed by atoms with Gasteiger partial charge in [0.05, 0.1) is 24.8 Å². The zero-order chi connectivity index (χ0) is 14.3. The SMILES string of the molecule is O=c1n(CC2CCC3(CCCCC3)O2)nc2n1CCNC2. The molecule has 6 nitrogen and oxygen atoms in total. The minimum atomic E-state index is 0.0275. The molecule has 116 valence electrons. The van der Waals surface area contributed by atoms with Crippen LogP contribution in [0, 0.1) is 0 Å². The summed E-state index contributed by atoms with van der Waals surface area (Å²) >= 11 is 0. The first-order chi connectivity index (χ1) is 10.3. The Hall–Kier alpha value is -1.14. The van der Waals surface area contributed by atoms with Crippen LogP contribution in [-0.2, 0) is 24.4 Å². The molecule has 0 radical (unpaired) electrons. The van der Waals surface area contributed by atoms with Crippen LogP contribution in [-0.4, -0.2) is 32.6 Å². The van der Waals surface area contributed by atoms with Gasteiger partial charge in [0.15, 0.2) is 0 Å². The van der Waals surface area contributed by atoms with E-state index in [2.05, 4.69) is 10.4 Å². The van der Waals surface area contributed by atoms with E-state index in [4.69, 9.17) is 4.74 Å². The van der Waals surface area contributed by atoms with E-state index < -0.39 is 0 Å². The van der Waals surface area contributed by atoms with Crippen molar-refractivity contribution < 1.29 is 4.74 Å². The zero-order valence-electron chi connectivity index (χ0n) is 12.5. The third kappa shape index (κ3) is 2.44. The average Bonchev–Trinajstić information content (AvgIpc) is 3.03. The fourth-order valence-electron chi connectivity index (χ4n) is 4.13. The first-order valence-corrected chi connectivity index (χ1v) is 8.31. The highest BCUT2D eigenvalue weighted by Crippen LogP contribution is 2.42. The number of fused-ring (bicyclic) bond motifs is 1. The number of aromatic nitrogens is 3. The highest BCUT2D eigenvalue weighted by molar-refractivity contribution is 4.94. The minimum absolute atomic E-state index is 0.0275. The molecule has 6 heteroatoms. The monoisotopic (exact) mass is 292 g/mol. The lowest BCUT2D eigenvalue weighted by Crippen LogP contribution is -2.36. The van der Waals surface area contributed by atoms with Crippen LogP contribution < -0.4 is 11.0 Å². The van der Waals surface area contributed by atoms with E-state index in [1.165, 1.54) is 32.1 Å². The summed E-state index contributed by atoms with van der Waals surface area (Å²) in [6.45, 7) is 2.88. The van der Waals surface area contributed by atoms with Crippen LogP contribution in [0.4, 0.5) is 0 Å². The third-order valence-electron chi connectivity index (χ3n) is 5.27. The molecule has 1 atom stereocenters. The summed E-state index contributed by atoms with van der Waals surface area (Å²) < 4.78 is 9.77. The molecule has 4 rings (SSSR count). The lowest BCUT2D eigenvalue weighted by atomic mass is 9.83. The molecule has 2 fully saturated rings. The van der Waals surface area contributed by atoms with E-state index in [-0.39, 0.29) is 17.4 Å². The molecule has 2 aliphatic heterocycles. The summed E-state index contributed by atoms with van der Waals surface area (Å²) in [5, 5.41) is 7.73. The maximum Gasteiger partial charge on any atom is 0.346 e. The molecule has 1 N–H and O–H groups in total. The summed E-state index contributed by atoms with van der Waals surface area (Å²) in [4.78, 5) is 12.3. The van der Waals surface area contributed by atoms with E-state index in [9.17, 15) is 4.79 Å². The molecule has 1 aliphatic carbocycles. The maximum absolute atomic E-state index is 12.3. The van der Waals surface area contributed by atoms with E-state index in [1.54, 1.807) is 9.25 Å². The molecule has 1 saturated carbocycles. The smallest absolute Gasteiger partial charge is 0.346 e. The molecule has 1 aromatic heterocycles. The number of nitrogens with one attached hydrogen (secondary N) is 1. The number of ether oxygens (including phenoxy) is 1. The Bertz CT molecular complexity index is 571. The molecule has 3 heterocycles. The largest absolute Gasteiger partial charge is 0.370 e. The molecule has 1 spiro atoms. The average molecular weight is 292 g/mol. The molecule has 1 unspecified atom stereocenters. The van der Waals surface area contributed by atoms with Gasteiger partial charge in [0, 0.05) is 13.1 Å². The van der Waals surface area contributed by atoms with Gasteiger partial charge in [0.25, 0.3) is 0 Å². The second-order valence-electron chi connectivity index (χ2n) is 6.73. The summed E-state index contributed by atoms with van der Waals surface area (Å²) in [6, 6.07) is 0. The van der Waals surface area contributed by atoms with Gasteiger partial charge in [-0.1, -0.05) is 19.3 Å². The number of hydrogen-bond acceptors (Lipinski definition) is 4. The van der Waals surface area contributed by atoms with Gasteiger partial charge >= 0.3 is 5.69 Å². The van der Waals surface area contributed by atoms with E-state index in [1.807, 2.05) is 0 Å². The second kappa shape index (κ2) is 5.25. The summed E-state index contributed by atoms with van der Waals surface area (Å²) in [6.07, 6.45) is 8.69. The highest BCUT2D eigenvalue weighted by Gasteiger charge is 2.41. The van der Waals surface area contributed by atoms with Crippen LogP contribution in [0.3, 0.4) is 0 Å². The second-order valence-corrected chi connectivity index (χ2v) is 6.73. The fourth-order valence-corrected chi connectivity index (χ4v) is 4.13. The molecule has 0 amide bonds. The van der Waals surface area contributed by atoms with Gasteiger partial charge in [0.1, 0.15) is 5.82 Å². The summed E-state index contributed by atoms with van der Waals surface area (Å²) in [5.74, 6) is 0.858. The van der Waals surface area contributed by atoms with Gasteiger partial charge in [-0.3, -0.25) is 4.57 Å². The van der Waals surface area contributed by atoms with Gasteiger partial charge < -0.3 is 10.1 Å². The van der Waals surface area contributed by atoms with E-state index >= 15 is 0 Å². The van der Waals surface area contributed by atoms with Crippen molar-refractivity contribution in [2.75, 3.05) is 6.54 Å². The number of nitrogens with zero attached hydrogens (tertiary/aromatic N) is 3. The van der Waals surface area contributed by atoms with E-state index in [0.29, 0.717) is 13.1 Å². The van der Waals surface area contributed by atoms with Crippen molar-refractivity contribution in [2.24, 2.45) is 0 Å². The maximum atomic E-state index is 12.3. The summed E-state index contributed by atoms with van der Waals surface area (Å²) in [5.41, 5.74) is 0.146. The Kier molecular flexibility index (Phi) is 3.38. The highest BCUT2D eigenvalue weighted by atomic mass is 16.5. The third-order valence-corrected chi connectivity index (χ3v) is 5.27. The Morgan fingerprint density at radius 2 is 2.14 bits per heavy atom. The van der Waals surface area contributed by atoms with Crippen molar-refractivity contribution in [1.29, 1.82) is 0 Å². The van der Waals surface area contributed by atoms with Crippen molar-refractivity contribution in [1.82, 2.24) is 19.7 Å². The number of rotatable bonds is 2. The Labute approximate surface area is 124 Å². The van der Waals surface area contributed by atoms with Gasteiger partial charge in [-0.2, -0.15) is 5.10 Å². The molecular formula is C15H24N4O2. The van der Waals surface area contributed by atoms with Crippen molar-refractivity contribution >= 4 is 0 Å². The predicted molar refractivity (Wildman–Crippen MR) is 78.1 cm³/mol. The first kappa shape index (κ1) is 13.5. The Balaban J connectivity index is 1.47. The van der Waals surface area contributed by atoms with Crippen LogP contribution >= 0.6 is 0 Å². The number of hydrogen-bond donors (Lipinski definition) is 1. The van der Waals surface area contributed by atoms with Crippen LogP contribution in [0.2, 0.25) is 0 Å². The molecular weight excluding hydrogens is 268 g/mol.